The molecular weight excluding hydrogens is 194 g/mol. The topological polar surface area (TPSA) is 29.1 Å². The molecule has 1 heterocycles. The van der Waals surface area contributed by atoms with Crippen molar-refractivity contribution in [3.63, 3.8) is 0 Å². The standard InChI is InChI=1S/C11H17NOS/c1-9(2)12-5-3-11(13)7-10-4-6-14-8-10/h4,6,8-9,12H,3,5,7H2,1-2H3. The van der Waals surface area contributed by atoms with Crippen LogP contribution in [-0.2, 0) is 11.2 Å². The maximum Gasteiger partial charge on any atom is 0.138 e. The first-order valence-corrected chi connectivity index (χ1v) is 5.89. The molecule has 3 heteroatoms. The lowest BCUT2D eigenvalue weighted by Crippen LogP contribution is -2.25. The minimum absolute atomic E-state index is 0.316. The molecule has 0 bridgehead atoms. The summed E-state index contributed by atoms with van der Waals surface area (Å²) < 4.78 is 0. The maximum atomic E-state index is 11.5. The largest absolute Gasteiger partial charge is 0.314 e. The first kappa shape index (κ1) is 11.4. The van der Waals surface area contributed by atoms with Gasteiger partial charge in [0.25, 0.3) is 0 Å². The van der Waals surface area contributed by atoms with E-state index in [1.54, 1.807) is 11.3 Å². The summed E-state index contributed by atoms with van der Waals surface area (Å²) >= 11 is 1.64. The normalized spacial score (nSPS) is 10.8. The highest BCUT2D eigenvalue weighted by Crippen LogP contribution is 2.07. The van der Waals surface area contributed by atoms with Crippen molar-refractivity contribution in [3.8, 4) is 0 Å². The van der Waals surface area contributed by atoms with Crippen LogP contribution in [0.1, 0.15) is 25.8 Å². The van der Waals surface area contributed by atoms with Crippen molar-refractivity contribution in [2.75, 3.05) is 6.54 Å². The molecule has 2 nitrogen and oxygen atoms in total. The lowest BCUT2D eigenvalue weighted by Gasteiger charge is -2.06. The van der Waals surface area contributed by atoms with Crippen LogP contribution in [0.3, 0.4) is 0 Å². The molecule has 0 saturated heterocycles. The molecule has 0 fully saturated rings. The van der Waals surface area contributed by atoms with E-state index in [4.69, 9.17) is 0 Å². The third-order valence-corrected chi connectivity index (χ3v) is 2.67. The zero-order valence-corrected chi connectivity index (χ0v) is 9.56. The second-order valence-corrected chi connectivity index (χ2v) is 4.49. The maximum absolute atomic E-state index is 11.5. The number of carbonyl (C=O) groups is 1. The number of ketones is 1. The molecule has 0 aliphatic rings. The zero-order chi connectivity index (χ0) is 10.4. The highest BCUT2D eigenvalue weighted by molar-refractivity contribution is 7.07. The van der Waals surface area contributed by atoms with Crippen molar-refractivity contribution < 1.29 is 4.79 Å². The number of nitrogens with one attached hydrogen (secondary N) is 1. The van der Waals surface area contributed by atoms with Crippen molar-refractivity contribution in [2.24, 2.45) is 0 Å². The van der Waals surface area contributed by atoms with Gasteiger partial charge in [-0.3, -0.25) is 4.79 Å². The summed E-state index contributed by atoms with van der Waals surface area (Å²) in [6.45, 7) is 4.97. The summed E-state index contributed by atoms with van der Waals surface area (Å²) in [5.41, 5.74) is 1.14. The number of rotatable bonds is 6. The molecular formula is C11H17NOS. The molecule has 1 aromatic heterocycles. The highest BCUT2D eigenvalue weighted by atomic mass is 32.1. The Hall–Kier alpha value is -0.670. The van der Waals surface area contributed by atoms with Crippen LogP contribution >= 0.6 is 11.3 Å². The van der Waals surface area contributed by atoms with Gasteiger partial charge in [-0.05, 0) is 22.4 Å². The Morgan fingerprint density at radius 3 is 2.93 bits per heavy atom. The van der Waals surface area contributed by atoms with Gasteiger partial charge in [0.1, 0.15) is 5.78 Å². The second-order valence-electron chi connectivity index (χ2n) is 3.71. The molecule has 0 saturated carbocycles. The third kappa shape index (κ3) is 4.53. The molecule has 0 radical (unpaired) electrons. The highest BCUT2D eigenvalue weighted by Gasteiger charge is 2.03. The summed E-state index contributed by atoms with van der Waals surface area (Å²) in [7, 11) is 0. The van der Waals surface area contributed by atoms with Crippen LogP contribution in [0.25, 0.3) is 0 Å². The molecule has 1 rings (SSSR count). The summed E-state index contributed by atoms with van der Waals surface area (Å²) in [5, 5.41) is 7.28. The van der Waals surface area contributed by atoms with Gasteiger partial charge in [-0.2, -0.15) is 11.3 Å². The first-order valence-electron chi connectivity index (χ1n) is 4.94. The Kier molecular flexibility index (Phi) is 4.84. The van der Waals surface area contributed by atoms with Gasteiger partial charge < -0.3 is 5.32 Å². The first-order chi connectivity index (χ1) is 6.68. The molecule has 0 aliphatic carbocycles. The second kappa shape index (κ2) is 5.94. The van der Waals surface area contributed by atoms with Crippen molar-refractivity contribution in [1.82, 2.24) is 5.32 Å². The van der Waals surface area contributed by atoms with E-state index in [1.807, 2.05) is 16.8 Å². The van der Waals surface area contributed by atoms with Gasteiger partial charge in [-0.1, -0.05) is 13.8 Å². The van der Waals surface area contributed by atoms with E-state index in [9.17, 15) is 4.79 Å². The van der Waals surface area contributed by atoms with Crippen LogP contribution in [0.4, 0.5) is 0 Å². The van der Waals surface area contributed by atoms with Crippen molar-refractivity contribution in [1.29, 1.82) is 0 Å². The Morgan fingerprint density at radius 2 is 2.36 bits per heavy atom. The van der Waals surface area contributed by atoms with E-state index in [1.165, 1.54) is 0 Å². The molecule has 0 spiro atoms. The zero-order valence-electron chi connectivity index (χ0n) is 8.75. The van der Waals surface area contributed by atoms with Crippen molar-refractivity contribution in [2.45, 2.75) is 32.7 Å². The number of Topliss-reactive ketones (excluding diaryl/α,β-unsaturated/α-hetero) is 1. The minimum Gasteiger partial charge on any atom is -0.314 e. The van der Waals surface area contributed by atoms with E-state index >= 15 is 0 Å². The van der Waals surface area contributed by atoms with E-state index in [0.717, 1.165) is 12.1 Å². The smallest absolute Gasteiger partial charge is 0.138 e. The fourth-order valence-electron chi connectivity index (χ4n) is 1.21. The van der Waals surface area contributed by atoms with Gasteiger partial charge in [0.2, 0.25) is 0 Å². The molecule has 0 aliphatic heterocycles. The van der Waals surface area contributed by atoms with E-state index < -0.39 is 0 Å². The molecule has 0 amide bonds. The van der Waals surface area contributed by atoms with Gasteiger partial charge >= 0.3 is 0 Å². The number of thiophene rings is 1. The predicted molar refractivity (Wildman–Crippen MR) is 60.8 cm³/mol. The third-order valence-electron chi connectivity index (χ3n) is 1.94. The molecule has 0 aromatic carbocycles. The van der Waals surface area contributed by atoms with Gasteiger partial charge in [0, 0.05) is 25.4 Å². The van der Waals surface area contributed by atoms with Gasteiger partial charge in [-0.15, -0.1) is 0 Å². The fourth-order valence-corrected chi connectivity index (χ4v) is 1.88. The average molecular weight is 211 g/mol. The lowest BCUT2D eigenvalue weighted by molar-refractivity contribution is -0.118. The van der Waals surface area contributed by atoms with Crippen LogP contribution in [0.2, 0.25) is 0 Å². The van der Waals surface area contributed by atoms with E-state index in [-0.39, 0.29) is 0 Å². The monoisotopic (exact) mass is 211 g/mol. The molecule has 14 heavy (non-hydrogen) atoms. The summed E-state index contributed by atoms with van der Waals surface area (Å²) in [6.07, 6.45) is 1.22. The van der Waals surface area contributed by atoms with E-state index in [0.29, 0.717) is 24.7 Å². The molecule has 0 unspecified atom stereocenters. The lowest BCUT2D eigenvalue weighted by atomic mass is 10.1. The SMILES string of the molecule is CC(C)NCCC(=O)Cc1ccsc1. The summed E-state index contributed by atoms with van der Waals surface area (Å²) in [6, 6.07) is 2.47. The summed E-state index contributed by atoms with van der Waals surface area (Å²) in [5.74, 6) is 0.316. The Bertz CT molecular complexity index is 267. The van der Waals surface area contributed by atoms with Crippen LogP contribution in [-0.4, -0.2) is 18.4 Å². The fraction of sp³-hybridized carbons (Fsp3) is 0.545. The molecule has 78 valence electrons. The predicted octanol–water partition coefficient (Wildman–Crippen LogP) is 2.25. The molecule has 1 aromatic rings. The number of hydrogen-bond acceptors (Lipinski definition) is 3. The van der Waals surface area contributed by atoms with E-state index in [2.05, 4.69) is 19.2 Å². The van der Waals surface area contributed by atoms with Crippen molar-refractivity contribution in [3.05, 3.63) is 22.4 Å². The van der Waals surface area contributed by atoms with Crippen LogP contribution < -0.4 is 5.32 Å². The number of hydrogen-bond donors (Lipinski definition) is 1. The van der Waals surface area contributed by atoms with Gasteiger partial charge in [0.05, 0.1) is 0 Å². The van der Waals surface area contributed by atoms with Gasteiger partial charge in [0.15, 0.2) is 0 Å². The average Bonchev–Trinajstić information content (AvgIpc) is 2.56. The van der Waals surface area contributed by atoms with Crippen LogP contribution in [0.5, 0.6) is 0 Å². The van der Waals surface area contributed by atoms with Crippen LogP contribution in [0.15, 0.2) is 16.8 Å². The molecule has 1 N–H and O–H groups in total. The minimum atomic E-state index is 0.316. The van der Waals surface area contributed by atoms with Crippen LogP contribution in [0, 0.1) is 0 Å². The Morgan fingerprint density at radius 1 is 1.57 bits per heavy atom. The van der Waals surface area contributed by atoms with Gasteiger partial charge in [-0.25, -0.2) is 0 Å². The van der Waals surface area contributed by atoms with Crippen molar-refractivity contribution >= 4 is 17.1 Å². The summed E-state index contributed by atoms with van der Waals surface area (Å²) in [4.78, 5) is 11.5. The quantitative estimate of drug-likeness (QED) is 0.782. The Labute approximate surface area is 89.3 Å². The Balaban J connectivity index is 2.17. The number of carbonyl (C=O) groups excluding carboxylic acids is 1. The molecule has 0 atom stereocenters.